The van der Waals surface area contributed by atoms with E-state index in [1.54, 1.807) is 0 Å². The smallest absolute Gasteiger partial charge is 0.251 e. The number of amides is 2. The highest BCUT2D eigenvalue weighted by Gasteiger charge is 2.31. The molecule has 2 amide bonds. The van der Waals surface area contributed by atoms with Crippen molar-refractivity contribution in [1.82, 2.24) is 15.1 Å². The second-order valence-corrected chi connectivity index (χ2v) is 5.94. The standard InChI is InChI=1S/C14H23N3O3/c18-13(15-11-3-4-11)10-16-5-7-17(8-6-16)14(19)12-2-1-9-20-12/h11-12H,1-10H2,(H,15,18). The highest BCUT2D eigenvalue weighted by molar-refractivity contribution is 5.81. The highest BCUT2D eigenvalue weighted by Crippen LogP contribution is 2.18. The summed E-state index contributed by atoms with van der Waals surface area (Å²) in [6, 6.07) is 0.421. The summed E-state index contributed by atoms with van der Waals surface area (Å²) < 4.78 is 5.44. The molecular weight excluding hydrogens is 258 g/mol. The Kier molecular flexibility index (Phi) is 4.21. The number of ether oxygens (including phenoxy) is 1. The summed E-state index contributed by atoms with van der Waals surface area (Å²) in [6.45, 7) is 4.12. The van der Waals surface area contributed by atoms with E-state index in [2.05, 4.69) is 10.2 Å². The van der Waals surface area contributed by atoms with Gasteiger partial charge in [-0.25, -0.2) is 0 Å². The average Bonchev–Trinajstić information content (AvgIpc) is 3.08. The van der Waals surface area contributed by atoms with Crippen molar-refractivity contribution < 1.29 is 14.3 Å². The maximum absolute atomic E-state index is 12.2. The summed E-state index contributed by atoms with van der Waals surface area (Å²) in [4.78, 5) is 27.9. The van der Waals surface area contributed by atoms with E-state index < -0.39 is 0 Å². The van der Waals surface area contributed by atoms with Gasteiger partial charge in [0.25, 0.3) is 5.91 Å². The van der Waals surface area contributed by atoms with Crippen molar-refractivity contribution in [3.05, 3.63) is 0 Å². The topological polar surface area (TPSA) is 61.9 Å². The molecule has 1 aliphatic carbocycles. The van der Waals surface area contributed by atoms with Crippen molar-refractivity contribution in [2.75, 3.05) is 39.3 Å². The predicted molar refractivity (Wildman–Crippen MR) is 73.2 cm³/mol. The summed E-state index contributed by atoms with van der Waals surface area (Å²) in [7, 11) is 0. The summed E-state index contributed by atoms with van der Waals surface area (Å²) in [5.74, 6) is 0.246. The summed E-state index contributed by atoms with van der Waals surface area (Å²) in [6.07, 6.45) is 3.85. The first-order chi connectivity index (χ1) is 9.72. The molecule has 2 heterocycles. The van der Waals surface area contributed by atoms with Crippen LogP contribution in [0.25, 0.3) is 0 Å². The van der Waals surface area contributed by atoms with Gasteiger partial charge in [0, 0.05) is 38.8 Å². The van der Waals surface area contributed by atoms with E-state index in [1.165, 1.54) is 0 Å². The molecule has 1 saturated carbocycles. The number of rotatable bonds is 4. The zero-order chi connectivity index (χ0) is 13.9. The van der Waals surface area contributed by atoms with Crippen LogP contribution in [0.5, 0.6) is 0 Å². The number of hydrogen-bond acceptors (Lipinski definition) is 4. The van der Waals surface area contributed by atoms with Crippen molar-refractivity contribution in [3.63, 3.8) is 0 Å². The molecule has 1 N–H and O–H groups in total. The lowest BCUT2D eigenvalue weighted by atomic mass is 10.2. The molecule has 6 nitrogen and oxygen atoms in total. The van der Waals surface area contributed by atoms with Crippen LogP contribution in [0.4, 0.5) is 0 Å². The molecule has 0 aromatic heterocycles. The van der Waals surface area contributed by atoms with Crippen LogP contribution in [0.2, 0.25) is 0 Å². The van der Waals surface area contributed by atoms with Crippen LogP contribution < -0.4 is 5.32 Å². The lowest BCUT2D eigenvalue weighted by Gasteiger charge is -2.35. The highest BCUT2D eigenvalue weighted by atomic mass is 16.5. The van der Waals surface area contributed by atoms with Gasteiger partial charge in [0.2, 0.25) is 5.91 Å². The van der Waals surface area contributed by atoms with Crippen LogP contribution in [-0.2, 0) is 14.3 Å². The molecule has 20 heavy (non-hydrogen) atoms. The minimum absolute atomic E-state index is 0.117. The Hall–Kier alpha value is -1.14. The van der Waals surface area contributed by atoms with Gasteiger partial charge in [-0.3, -0.25) is 14.5 Å². The summed E-state index contributed by atoms with van der Waals surface area (Å²) in [5.41, 5.74) is 0. The fraction of sp³-hybridized carbons (Fsp3) is 0.857. The summed E-state index contributed by atoms with van der Waals surface area (Å²) >= 11 is 0. The second kappa shape index (κ2) is 6.10. The number of piperazine rings is 1. The number of carbonyl (C=O) groups is 2. The van der Waals surface area contributed by atoms with E-state index in [4.69, 9.17) is 4.74 Å². The predicted octanol–water partition coefficient (Wildman–Crippen LogP) is -0.412. The lowest BCUT2D eigenvalue weighted by Crippen LogP contribution is -2.53. The molecule has 0 spiro atoms. The van der Waals surface area contributed by atoms with E-state index in [0.29, 0.717) is 32.3 Å². The molecule has 2 aliphatic heterocycles. The molecule has 3 rings (SSSR count). The maximum atomic E-state index is 12.2. The molecule has 0 bridgehead atoms. The van der Waals surface area contributed by atoms with E-state index in [-0.39, 0.29) is 17.9 Å². The average molecular weight is 281 g/mol. The third kappa shape index (κ3) is 3.49. The minimum Gasteiger partial charge on any atom is -0.368 e. The van der Waals surface area contributed by atoms with Gasteiger partial charge in [0.15, 0.2) is 0 Å². The summed E-state index contributed by atoms with van der Waals surface area (Å²) in [5, 5.41) is 3.00. The van der Waals surface area contributed by atoms with Gasteiger partial charge < -0.3 is 15.0 Å². The van der Waals surface area contributed by atoms with Gasteiger partial charge in [-0.05, 0) is 25.7 Å². The van der Waals surface area contributed by atoms with Crippen LogP contribution in [-0.4, -0.2) is 73.1 Å². The molecule has 112 valence electrons. The van der Waals surface area contributed by atoms with Crippen molar-refractivity contribution in [2.24, 2.45) is 0 Å². The van der Waals surface area contributed by atoms with E-state index in [0.717, 1.165) is 38.8 Å². The molecule has 3 aliphatic rings. The fourth-order valence-corrected chi connectivity index (χ4v) is 2.81. The molecule has 1 unspecified atom stereocenters. The zero-order valence-electron chi connectivity index (χ0n) is 11.8. The van der Waals surface area contributed by atoms with Crippen molar-refractivity contribution in [1.29, 1.82) is 0 Å². The van der Waals surface area contributed by atoms with E-state index >= 15 is 0 Å². The minimum atomic E-state index is -0.222. The second-order valence-electron chi connectivity index (χ2n) is 5.94. The van der Waals surface area contributed by atoms with Gasteiger partial charge in [0.05, 0.1) is 6.54 Å². The van der Waals surface area contributed by atoms with Crippen molar-refractivity contribution in [3.8, 4) is 0 Å². The number of hydrogen-bond donors (Lipinski definition) is 1. The van der Waals surface area contributed by atoms with Gasteiger partial charge in [-0.1, -0.05) is 0 Å². The molecule has 6 heteroatoms. The van der Waals surface area contributed by atoms with Crippen LogP contribution in [0, 0.1) is 0 Å². The lowest BCUT2D eigenvalue weighted by molar-refractivity contribution is -0.142. The Labute approximate surface area is 119 Å². The molecule has 3 fully saturated rings. The first-order valence-electron chi connectivity index (χ1n) is 7.64. The van der Waals surface area contributed by atoms with Crippen molar-refractivity contribution in [2.45, 2.75) is 37.8 Å². The Bertz CT molecular complexity index is 370. The first kappa shape index (κ1) is 13.8. The van der Waals surface area contributed by atoms with Crippen LogP contribution in [0.3, 0.4) is 0 Å². The molecule has 1 atom stereocenters. The van der Waals surface area contributed by atoms with E-state index in [1.807, 2.05) is 4.90 Å². The first-order valence-corrected chi connectivity index (χ1v) is 7.64. The maximum Gasteiger partial charge on any atom is 0.251 e. The molecule has 0 aromatic rings. The fourth-order valence-electron chi connectivity index (χ4n) is 2.81. The van der Waals surface area contributed by atoms with Gasteiger partial charge in [-0.2, -0.15) is 0 Å². The Morgan fingerprint density at radius 3 is 2.45 bits per heavy atom. The van der Waals surface area contributed by atoms with Gasteiger partial charge in [0.1, 0.15) is 6.10 Å². The molecular formula is C14H23N3O3. The SMILES string of the molecule is O=C(CN1CCN(C(=O)C2CCCO2)CC1)NC1CC1. The normalized spacial score (nSPS) is 27.6. The third-order valence-electron chi connectivity index (χ3n) is 4.20. The molecule has 0 radical (unpaired) electrons. The van der Waals surface area contributed by atoms with E-state index in [9.17, 15) is 9.59 Å². The Balaban J connectivity index is 1.39. The quantitative estimate of drug-likeness (QED) is 0.761. The zero-order valence-corrected chi connectivity index (χ0v) is 11.8. The number of carbonyl (C=O) groups excluding carboxylic acids is 2. The van der Waals surface area contributed by atoms with Gasteiger partial charge >= 0.3 is 0 Å². The third-order valence-corrected chi connectivity index (χ3v) is 4.20. The van der Waals surface area contributed by atoms with Crippen LogP contribution in [0.1, 0.15) is 25.7 Å². The van der Waals surface area contributed by atoms with Crippen LogP contribution in [0.15, 0.2) is 0 Å². The monoisotopic (exact) mass is 281 g/mol. The molecule has 0 aromatic carbocycles. The van der Waals surface area contributed by atoms with Crippen LogP contribution >= 0.6 is 0 Å². The molecule has 2 saturated heterocycles. The Morgan fingerprint density at radius 2 is 1.85 bits per heavy atom. The number of nitrogens with one attached hydrogen (secondary N) is 1. The largest absolute Gasteiger partial charge is 0.368 e. The van der Waals surface area contributed by atoms with Gasteiger partial charge in [-0.15, -0.1) is 0 Å². The Morgan fingerprint density at radius 1 is 1.10 bits per heavy atom. The number of nitrogens with zero attached hydrogens (tertiary/aromatic N) is 2. The van der Waals surface area contributed by atoms with Crippen molar-refractivity contribution >= 4 is 11.8 Å².